The van der Waals surface area contributed by atoms with E-state index in [9.17, 15) is 4.79 Å². The molecule has 1 amide bonds. The molecule has 0 unspecified atom stereocenters. The molecule has 168 valence electrons. The van der Waals surface area contributed by atoms with E-state index in [1.54, 1.807) is 23.0 Å². The molecule has 0 saturated carbocycles. The van der Waals surface area contributed by atoms with Crippen molar-refractivity contribution in [3.8, 4) is 11.1 Å². The average molecular weight is 461 g/mol. The summed E-state index contributed by atoms with van der Waals surface area (Å²) < 4.78 is 1.66. The second kappa shape index (κ2) is 9.21. The largest absolute Gasteiger partial charge is 0.370 e. The van der Waals surface area contributed by atoms with E-state index < -0.39 is 0 Å². The van der Waals surface area contributed by atoms with Crippen molar-refractivity contribution in [3.05, 3.63) is 77.7 Å². The molecule has 0 spiro atoms. The summed E-state index contributed by atoms with van der Waals surface area (Å²) in [6.07, 6.45) is 5.63. The van der Waals surface area contributed by atoms with Crippen LogP contribution in [0.5, 0.6) is 0 Å². The lowest BCUT2D eigenvalue weighted by Gasteiger charge is -2.34. The van der Waals surface area contributed by atoms with Gasteiger partial charge in [-0.1, -0.05) is 35.9 Å². The van der Waals surface area contributed by atoms with Crippen molar-refractivity contribution >= 4 is 34.5 Å². The van der Waals surface area contributed by atoms with Crippen LogP contribution in [0.4, 0.5) is 11.4 Å². The average Bonchev–Trinajstić information content (AvgIpc) is 3.28. The molecule has 5 rings (SSSR count). The molecular weight excluding hydrogens is 436 g/mol. The highest BCUT2D eigenvalue weighted by Crippen LogP contribution is 2.29. The van der Waals surface area contributed by atoms with E-state index in [0.717, 1.165) is 48.4 Å². The first kappa shape index (κ1) is 21.4. The summed E-state index contributed by atoms with van der Waals surface area (Å²) in [5, 5.41) is 11.4. The first-order chi connectivity index (χ1) is 16.1. The molecule has 33 heavy (non-hydrogen) atoms. The zero-order chi connectivity index (χ0) is 22.8. The maximum atomic E-state index is 13.2. The highest BCUT2D eigenvalue weighted by Gasteiger charge is 2.21. The maximum absolute atomic E-state index is 13.2. The number of piperidine rings is 1. The van der Waals surface area contributed by atoms with Crippen molar-refractivity contribution in [2.75, 3.05) is 30.4 Å². The van der Waals surface area contributed by atoms with Crippen molar-refractivity contribution in [2.45, 2.75) is 18.9 Å². The van der Waals surface area contributed by atoms with E-state index in [1.165, 1.54) is 0 Å². The van der Waals surface area contributed by atoms with E-state index in [0.29, 0.717) is 22.4 Å². The van der Waals surface area contributed by atoms with Crippen LogP contribution in [0, 0.1) is 0 Å². The molecule has 7 nitrogen and oxygen atoms in total. The minimum absolute atomic E-state index is 0.256. The molecule has 0 atom stereocenters. The number of fused-ring (bicyclic) bond motifs is 1. The predicted octanol–water partition coefficient (Wildman–Crippen LogP) is 4.49. The van der Waals surface area contributed by atoms with Crippen molar-refractivity contribution in [1.82, 2.24) is 19.9 Å². The number of nitrogens with one attached hydrogen (secondary N) is 2. The molecule has 0 bridgehead atoms. The fraction of sp³-hybridized carbons (Fsp3) is 0.240. The molecule has 1 saturated heterocycles. The molecule has 2 aromatic heterocycles. The quantitative estimate of drug-likeness (QED) is 0.459. The number of aromatic nitrogens is 3. The summed E-state index contributed by atoms with van der Waals surface area (Å²) in [4.78, 5) is 20.1. The Bertz CT molecular complexity index is 1300. The number of hydrogen-bond donors (Lipinski definition) is 2. The summed E-state index contributed by atoms with van der Waals surface area (Å²) in [6, 6.07) is 17.7. The van der Waals surface area contributed by atoms with Gasteiger partial charge in [-0.25, -0.2) is 9.50 Å². The molecule has 3 heterocycles. The first-order valence-corrected chi connectivity index (χ1v) is 11.4. The molecule has 4 aromatic rings. The van der Waals surface area contributed by atoms with Crippen LogP contribution >= 0.6 is 11.6 Å². The third-order valence-electron chi connectivity index (χ3n) is 6.13. The van der Waals surface area contributed by atoms with Crippen molar-refractivity contribution in [2.24, 2.45) is 0 Å². The van der Waals surface area contributed by atoms with E-state index >= 15 is 0 Å². The Morgan fingerprint density at radius 2 is 1.91 bits per heavy atom. The predicted molar refractivity (Wildman–Crippen MR) is 132 cm³/mol. The van der Waals surface area contributed by atoms with Gasteiger partial charge in [0.1, 0.15) is 5.69 Å². The van der Waals surface area contributed by atoms with Crippen LogP contribution in [-0.2, 0) is 0 Å². The fourth-order valence-electron chi connectivity index (χ4n) is 4.31. The number of hydrogen-bond acceptors (Lipinski definition) is 5. The van der Waals surface area contributed by atoms with Gasteiger partial charge in [0.2, 0.25) is 0 Å². The Balaban J connectivity index is 1.41. The Hall–Kier alpha value is -3.42. The molecule has 0 aliphatic carbocycles. The molecule has 1 aliphatic rings. The van der Waals surface area contributed by atoms with Crippen molar-refractivity contribution < 1.29 is 4.79 Å². The van der Waals surface area contributed by atoms with Gasteiger partial charge in [-0.05, 0) is 55.8 Å². The van der Waals surface area contributed by atoms with E-state index in [4.69, 9.17) is 11.6 Å². The number of rotatable bonds is 5. The number of benzene rings is 2. The topological polar surface area (TPSA) is 74.6 Å². The van der Waals surface area contributed by atoms with E-state index in [1.807, 2.05) is 49.5 Å². The van der Waals surface area contributed by atoms with Gasteiger partial charge < -0.3 is 15.5 Å². The minimum atomic E-state index is -0.256. The summed E-state index contributed by atoms with van der Waals surface area (Å²) in [7, 11) is 2.01. The number of para-hydroxylation sites is 2. The summed E-state index contributed by atoms with van der Waals surface area (Å²) in [5.74, 6) is -0.256. The van der Waals surface area contributed by atoms with Gasteiger partial charge in [0.05, 0.1) is 17.6 Å². The maximum Gasteiger partial charge on any atom is 0.274 e. The molecular formula is C25H25ClN6O. The molecule has 8 heteroatoms. The van der Waals surface area contributed by atoms with Crippen LogP contribution < -0.4 is 15.5 Å². The van der Waals surface area contributed by atoms with Gasteiger partial charge in [0.15, 0.2) is 5.65 Å². The number of carbonyl (C=O) groups excluding carboxylic acids is 1. The van der Waals surface area contributed by atoms with Gasteiger partial charge in [0, 0.05) is 35.9 Å². The Kier molecular flexibility index (Phi) is 5.98. The Morgan fingerprint density at radius 1 is 1.09 bits per heavy atom. The van der Waals surface area contributed by atoms with Crippen molar-refractivity contribution in [3.63, 3.8) is 0 Å². The lowest BCUT2D eigenvalue weighted by atomic mass is 10.0. The smallest absolute Gasteiger partial charge is 0.274 e. The van der Waals surface area contributed by atoms with Crippen LogP contribution in [0.3, 0.4) is 0 Å². The van der Waals surface area contributed by atoms with Crippen LogP contribution in [-0.4, -0.2) is 46.7 Å². The Morgan fingerprint density at radius 3 is 2.70 bits per heavy atom. The SMILES string of the molecule is CNC1CCN(c2ccccc2NC(=O)c2ccn3ncc(-c4cccc(Cl)c4)c3n2)CC1. The zero-order valence-corrected chi connectivity index (χ0v) is 19.1. The number of anilines is 2. The van der Waals surface area contributed by atoms with Crippen LogP contribution in [0.1, 0.15) is 23.3 Å². The third kappa shape index (κ3) is 4.42. The van der Waals surface area contributed by atoms with Crippen LogP contribution in [0.2, 0.25) is 5.02 Å². The van der Waals surface area contributed by atoms with Crippen LogP contribution in [0.25, 0.3) is 16.8 Å². The molecule has 2 aromatic carbocycles. The molecule has 1 fully saturated rings. The van der Waals surface area contributed by atoms with Crippen LogP contribution in [0.15, 0.2) is 67.0 Å². The lowest BCUT2D eigenvalue weighted by molar-refractivity contribution is 0.102. The number of halogens is 1. The van der Waals surface area contributed by atoms with E-state index in [-0.39, 0.29) is 5.91 Å². The van der Waals surface area contributed by atoms with Gasteiger partial charge in [-0.3, -0.25) is 4.79 Å². The molecule has 2 N–H and O–H groups in total. The second-order valence-corrected chi connectivity index (χ2v) is 8.61. The van der Waals surface area contributed by atoms with Gasteiger partial charge in [0.25, 0.3) is 5.91 Å². The lowest BCUT2D eigenvalue weighted by Crippen LogP contribution is -2.41. The van der Waals surface area contributed by atoms with Gasteiger partial charge >= 0.3 is 0 Å². The third-order valence-corrected chi connectivity index (χ3v) is 6.37. The van der Waals surface area contributed by atoms with Gasteiger partial charge in [-0.2, -0.15) is 5.10 Å². The monoisotopic (exact) mass is 460 g/mol. The van der Waals surface area contributed by atoms with Gasteiger partial charge in [-0.15, -0.1) is 0 Å². The zero-order valence-electron chi connectivity index (χ0n) is 18.3. The highest BCUT2D eigenvalue weighted by atomic mass is 35.5. The number of carbonyl (C=O) groups is 1. The summed E-state index contributed by atoms with van der Waals surface area (Å²) in [5.41, 5.74) is 4.47. The standard InChI is InChI=1S/C25H25ClN6O/c1-27-19-9-12-31(13-10-19)23-8-3-2-7-21(23)30-25(33)22-11-14-32-24(29-22)20(16-28-32)17-5-4-6-18(26)15-17/h2-8,11,14-16,19,27H,9-10,12-13H2,1H3,(H,30,33). The second-order valence-electron chi connectivity index (χ2n) is 8.17. The first-order valence-electron chi connectivity index (χ1n) is 11.1. The van der Waals surface area contributed by atoms with Crippen molar-refractivity contribution in [1.29, 1.82) is 0 Å². The minimum Gasteiger partial charge on any atom is -0.370 e. The highest BCUT2D eigenvalue weighted by molar-refractivity contribution is 6.30. The fourth-order valence-corrected chi connectivity index (χ4v) is 4.50. The summed E-state index contributed by atoms with van der Waals surface area (Å²) in [6.45, 7) is 1.89. The summed E-state index contributed by atoms with van der Waals surface area (Å²) >= 11 is 6.16. The normalized spacial score (nSPS) is 14.5. The Labute approximate surface area is 197 Å². The molecule has 1 aliphatic heterocycles. The number of amides is 1. The number of nitrogens with zero attached hydrogens (tertiary/aromatic N) is 4. The molecule has 0 radical (unpaired) electrons. The van der Waals surface area contributed by atoms with E-state index in [2.05, 4.69) is 31.7 Å².